The Hall–Kier alpha value is -2.28. The maximum atomic E-state index is 12.6. The molecule has 2 saturated heterocycles. The maximum absolute atomic E-state index is 12.6. The summed E-state index contributed by atoms with van der Waals surface area (Å²) in [5, 5.41) is 8.81. The molecule has 3 heterocycles. The summed E-state index contributed by atoms with van der Waals surface area (Å²) < 4.78 is 18.9. The fourth-order valence-electron chi connectivity index (χ4n) is 5.34. The van der Waals surface area contributed by atoms with Crippen LogP contribution in [0.3, 0.4) is 0 Å². The van der Waals surface area contributed by atoms with E-state index >= 15 is 0 Å². The molecule has 3 aliphatic heterocycles. The monoisotopic (exact) mass is 431 g/mol. The van der Waals surface area contributed by atoms with Gasteiger partial charge in [-0.15, -0.1) is 0 Å². The van der Waals surface area contributed by atoms with E-state index in [-0.39, 0.29) is 36.4 Å². The summed E-state index contributed by atoms with van der Waals surface area (Å²) in [5.74, 6) is 1.19. The fraction of sp³-hybridized carbons (Fsp3) is 0.667. The molecule has 1 amide bonds. The van der Waals surface area contributed by atoms with E-state index in [1.807, 2.05) is 24.0 Å². The number of hydrogen-bond acceptors (Lipinski definition) is 5. The van der Waals surface area contributed by atoms with Gasteiger partial charge in [-0.1, -0.05) is 12.1 Å². The predicted octanol–water partition coefficient (Wildman–Crippen LogP) is 3.81. The average Bonchev–Trinajstić information content (AvgIpc) is 2.72. The molecule has 7 nitrogen and oxygen atoms in total. The zero-order valence-electron chi connectivity index (χ0n) is 18.6. The van der Waals surface area contributed by atoms with Crippen LogP contribution in [-0.2, 0) is 14.3 Å². The van der Waals surface area contributed by atoms with Crippen LogP contribution in [0.1, 0.15) is 64.5 Å². The molecule has 0 aliphatic carbocycles. The maximum Gasteiger partial charge on any atom is 0.303 e. The van der Waals surface area contributed by atoms with E-state index in [1.165, 1.54) is 0 Å². The Morgan fingerprint density at radius 1 is 1.29 bits per heavy atom. The quantitative estimate of drug-likeness (QED) is 0.737. The van der Waals surface area contributed by atoms with Crippen molar-refractivity contribution in [3.63, 3.8) is 0 Å². The molecule has 0 saturated carbocycles. The van der Waals surface area contributed by atoms with Crippen LogP contribution in [-0.4, -0.2) is 53.3 Å². The smallest absolute Gasteiger partial charge is 0.303 e. The summed E-state index contributed by atoms with van der Waals surface area (Å²) >= 11 is 0. The topological polar surface area (TPSA) is 85.3 Å². The van der Waals surface area contributed by atoms with Crippen molar-refractivity contribution in [1.82, 2.24) is 4.90 Å². The molecule has 4 rings (SSSR count). The molecule has 0 radical (unpaired) electrons. The number of para-hydroxylation sites is 1. The number of nitrogens with zero attached hydrogens (tertiary/aromatic N) is 1. The number of piperidine rings is 1. The van der Waals surface area contributed by atoms with Gasteiger partial charge in [0.05, 0.1) is 18.8 Å². The molecule has 4 atom stereocenters. The summed E-state index contributed by atoms with van der Waals surface area (Å²) in [5.41, 5.74) is 0.643. The predicted molar refractivity (Wildman–Crippen MR) is 114 cm³/mol. The van der Waals surface area contributed by atoms with Crippen molar-refractivity contribution >= 4 is 11.9 Å². The molecule has 1 aromatic rings. The molecule has 0 bridgehead atoms. The van der Waals surface area contributed by atoms with E-state index in [9.17, 15) is 9.59 Å². The van der Waals surface area contributed by atoms with E-state index in [4.69, 9.17) is 19.3 Å². The van der Waals surface area contributed by atoms with Gasteiger partial charge < -0.3 is 24.2 Å². The van der Waals surface area contributed by atoms with Crippen molar-refractivity contribution in [2.45, 2.75) is 70.7 Å². The number of ether oxygens (including phenoxy) is 3. The van der Waals surface area contributed by atoms with Gasteiger partial charge in [-0.25, -0.2) is 0 Å². The summed E-state index contributed by atoms with van der Waals surface area (Å²) in [4.78, 5) is 25.2. The van der Waals surface area contributed by atoms with Crippen molar-refractivity contribution in [2.24, 2.45) is 11.8 Å². The first-order valence-electron chi connectivity index (χ1n) is 11.4. The lowest BCUT2D eigenvalue weighted by Gasteiger charge is -2.53. The second kappa shape index (κ2) is 8.69. The van der Waals surface area contributed by atoms with Gasteiger partial charge in [0.2, 0.25) is 5.91 Å². The second-order valence-corrected chi connectivity index (χ2v) is 9.39. The third-order valence-corrected chi connectivity index (χ3v) is 6.92. The molecular formula is C24H33NO6. The van der Waals surface area contributed by atoms with E-state index in [1.54, 1.807) is 0 Å². The molecule has 1 N–H and O–H groups in total. The Morgan fingerprint density at radius 2 is 2.10 bits per heavy atom. The lowest BCUT2D eigenvalue weighted by molar-refractivity contribution is -0.189. The number of aliphatic carboxylic acids is 1. The van der Waals surface area contributed by atoms with Crippen LogP contribution < -0.4 is 9.47 Å². The van der Waals surface area contributed by atoms with E-state index < -0.39 is 11.6 Å². The standard InChI is InChI=1S/C24H33NO6/c1-4-29-19-8-5-7-16-22-17(24(2,3)31-23(16)19)13-15-14-25(12-11-18(15)30-22)20(26)9-6-10-21(27)28/h5,7-8,15,17-18,22H,4,6,9-14H2,1-3H3,(H,27,28)/t15-,17-,18-,22+/m1/s1. The molecule has 2 fully saturated rings. The van der Waals surface area contributed by atoms with Gasteiger partial charge >= 0.3 is 5.97 Å². The Kier molecular flexibility index (Phi) is 6.15. The number of carboxylic acid groups (broad SMARTS) is 1. The van der Waals surface area contributed by atoms with Crippen LogP contribution in [0.15, 0.2) is 18.2 Å². The highest BCUT2D eigenvalue weighted by atomic mass is 16.5. The van der Waals surface area contributed by atoms with Gasteiger partial charge in [0.1, 0.15) is 5.60 Å². The number of benzene rings is 1. The minimum absolute atomic E-state index is 0.0349. The van der Waals surface area contributed by atoms with Crippen LogP contribution in [0.2, 0.25) is 0 Å². The molecule has 31 heavy (non-hydrogen) atoms. The number of hydrogen-bond donors (Lipinski definition) is 1. The fourth-order valence-corrected chi connectivity index (χ4v) is 5.34. The van der Waals surface area contributed by atoms with Gasteiger partial charge in [0, 0.05) is 43.3 Å². The zero-order valence-corrected chi connectivity index (χ0v) is 18.6. The van der Waals surface area contributed by atoms with Crippen molar-refractivity contribution in [3.05, 3.63) is 23.8 Å². The lowest BCUT2D eigenvalue weighted by atomic mass is 9.70. The number of rotatable bonds is 6. The number of carbonyl (C=O) groups is 2. The van der Waals surface area contributed by atoms with Crippen LogP contribution in [0.4, 0.5) is 0 Å². The Balaban J connectivity index is 1.49. The highest BCUT2D eigenvalue weighted by molar-refractivity contribution is 5.77. The molecule has 170 valence electrons. The SMILES string of the molecule is CCOc1cccc2c1OC(C)(C)[C@@H]1C[C@@H]3CN(C(=O)CCCC(=O)O)CC[C@H]3O[C@@H]21. The first-order valence-corrected chi connectivity index (χ1v) is 11.4. The summed E-state index contributed by atoms with van der Waals surface area (Å²) in [6, 6.07) is 6.02. The second-order valence-electron chi connectivity index (χ2n) is 9.39. The molecule has 3 aliphatic rings. The van der Waals surface area contributed by atoms with Crippen molar-refractivity contribution < 1.29 is 28.9 Å². The summed E-state index contributed by atoms with van der Waals surface area (Å²) in [6.07, 6.45) is 2.52. The Bertz CT molecular complexity index is 837. The zero-order chi connectivity index (χ0) is 22.2. The van der Waals surface area contributed by atoms with Crippen molar-refractivity contribution in [1.29, 1.82) is 0 Å². The summed E-state index contributed by atoms with van der Waals surface area (Å²) in [7, 11) is 0. The minimum atomic E-state index is -0.856. The van der Waals surface area contributed by atoms with Gasteiger partial charge in [-0.05, 0) is 46.1 Å². The van der Waals surface area contributed by atoms with Gasteiger partial charge in [0.15, 0.2) is 11.5 Å². The minimum Gasteiger partial charge on any atom is -0.490 e. The lowest BCUT2D eigenvalue weighted by Crippen LogP contribution is -2.56. The van der Waals surface area contributed by atoms with E-state index in [0.29, 0.717) is 32.5 Å². The highest BCUT2D eigenvalue weighted by Crippen LogP contribution is 2.55. The number of carboxylic acids is 1. The number of carbonyl (C=O) groups excluding carboxylic acids is 1. The number of fused-ring (bicyclic) bond motifs is 4. The van der Waals surface area contributed by atoms with Crippen molar-refractivity contribution in [2.75, 3.05) is 19.7 Å². The molecule has 0 unspecified atom stereocenters. The van der Waals surface area contributed by atoms with Gasteiger partial charge in [-0.3, -0.25) is 9.59 Å². The molecule has 0 spiro atoms. The average molecular weight is 432 g/mol. The Morgan fingerprint density at radius 3 is 2.84 bits per heavy atom. The largest absolute Gasteiger partial charge is 0.490 e. The third kappa shape index (κ3) is 4.38. The third-order valence-electron chi connectivity index (χ3n) is 6.92. The van der Waals surface area contributed by atoms with E-state index in [2.05, 4.69) is 19.9 Å². The van der Waals surface area contributed by atoms with Crippen LogP contribution >= 0.6 is 0 Å². The van der Waals surface area contributed by atoms with Crippen LogP contribution in [0, 0.1) is 11.8 Å². The number of likely N-dealkylation sites (tertiary alicyclic amines) is 1. The molecular weight excluding hydrogens is 398 g/mol. The molecule has 7 heteroatoms. The van der Waals surface area contributed by atoms with Crippen LogP contribution in [0.5, 0.6) is 11.5 Å². The summed E-state index contributed by atoms with van der Waals surface area (Å²) in [6.45, 7) is 8.10. The van der Waals surface area contributed by atoms with Gasteiger partial charge in [0.25, 0.3) is 0 Å². The van der Waals surface area contributed by atoms with Crippen LogP contribution in [0.25, 0.3) is 0 Å². The normalized spacial score (nSPS) is 28.5. The molecule has 1 aromatic carbocycles. The molecule has 0 aromatic heterocycles. The van der Waals surface area contributed by atoms with Crippen molar-refractivity contribution in [3.8, 4) is 11.5 Å². The Labute approximate surface area is 183 Å². The van der Waals surface area contributed by atoms with Gasteiger partial charge in [-0.2, -0.15) is 0 Å². The highest BCUT2D eigenvalue weighted by Gasteiger charge is 2.52. The first-order chi connectivity index (χ1) is 14.8. The first kappa shape index (κ1) is 21.9. The van der Waals surface area contributed by atoms with E-state index in [0.717, 1.165) is 29.9 Å². The number of amides is 1.